The monoisotopic (exact) mass is 241 g/mol. The molecule has 0 radical (unpaired) electrons. The first-order valence-corrected chi connectivity index (χ1v) is 5.39. The number of methoxy groups -OCH3 is 1. The topological polar surface area (TPSA) is 78.3 Å². The maximum Gasteiger partial charge on any atom is 0.254 e. The van der Waals surface area contributed by atoms with E-state index in [1.165, 1.54) is 0 Å². The Morgan fingerprint density at radius 1 is 1.17 bits per heavy atom. The Morgan fingerprint density at radius 2 is 1.94 bits per heavy atom. The summed E-state index contributed by atoms with van der Waals surface area (Å²) in [4.78, 5) is 8.13. The normalized spacial score (nSPS) is 10.7. The summed E-state index contributed by atoms with van der Waals surface area (Å²) < 4.78 is 6.75. The highest BCUT2D eigenvalue weighted by atomic mass is 16.5. The van der Waals surface area contributed by atoms with Gasteiger partial charge in [-0.1, -0.05) is 0 Å². The van der Waals surface area contributed by atoms with Crippen LogP contribution in [0.3, 0.4) is 0 Å². The molecule has 0 aliphatic rings. The van der Waals surface area contributed by atoms with Crippen molar-refractivity contribution in [3.63, 3.8) is 0 Å². The Hall–Kier alpha value is -2.63. The molecule has 0 atom stereocenters. The summed E-state index contributed by atoms with van der Waals surface area (Å²) in [5, 5.41) is 4.12. The van der Waals surface area contributed by atoms with E-state index >= 15 is 0 Å². The number of ether oxygens (including phenoxy) is 1. The van der Waals surface area contributed by atoms with Gasteiger partial charge in [-0.3, -0.25) is 0 Å². The van der Waals surface area contributed by atoms with E-state index in [4.69, 9.17) is 10.5 Å². The molecule has 0 fully saturated rings. The Labute approximate surface area is 103 Å². The maximum absolute atomic E-state index is 5.58. The summed E-state index contributed by atoms with van der Waals surface area (Å²) in [5.41, 5.74) is 7.46. The predicted molar refractivity (Wildman–Crippen MR) is 67.2 cm³/mol. The van der Waals surface area contributed by atoms with E-state index in [0.29, 0.717) is 5.78 Å². The van der Waals surface area contributed by atoms with Crippen LogP contribution in [0.15, 0.2) is 36.5 Å². The predicted octanol–water partition coefficient (Wildman–Crippen LogP) is 1.38. The van der Waals surface area contributed by atoms with Crippen LogP contribution in [0.25, 0.3) is 17.0 Å². The van der Waals surface area contributed by atoms with Gasteiger partial charge in [-0.25, -0.2) is 4.98 Å². The second-order valence-electron chi connectivity index (χ2n) is 3.74. The van der Waals surface area contributed by atoms with Crippen molar-refractivity contribution < 1.29 is 4.74 Å². The van der Waals surface area contributed by atoms with Crippen molar-refractivity contribution in [2.45, 2.75) is 0 Å². The minimum absolute atomic E-state index is 0.212. The van der Waals surface area contributed by atoms with E-state index < -0.39 is 0 Å². The number of hydrogen-bond donors (Lipinski definition) is 1. The standard InChI is InChI=1S/C12H11N5O/c1-18-9-4-2-8(3-5-9)10-6-7-14-12-15-11(13)16-17(10)12/h2-7H,1H3,(H2,13,16). The molecule has 90 valence electrons. The molecule has 0 amide bonds. The highest BCUT2D eigenvalue weighted by Crippen LogP contribution is 2.22. The molecular formula is C12H11N5O. The van der Waals surface area contributed by atoms with Crippen LogP contribution in [0, 0.1) is 0 Å². The lowest BCUT2D eigenvalue weighted by Crippen LogP contribution is -1.96. The first kappa shape index (κ1) is 10.5. The molecule has 0 saturated carbocycles. The van der Waals surface area contributed by atoms with Crippen molar-refractivity contribution in [1.82, 2.24) is 19.6 Å². The maximum atomic E-state index is 5.58. The molecule has 1 aromatic carbocycles. The molecule has 3 rings (SSSR count). The Morgan fingerprint density at radius 3 is 2.67 bits per heavy atom. The number of fused-ring (bicyclic) bond motifs is 1. The quantitative estimate of drug-likeness (QED) is 0.733. The van der Waals surface area contributed by atoms with E-state index in [0.717, 1.165) is 17.0 Å². The fourth-order valence-electron chi connectivity index (χ4n) is 1.79. The van der Waals surface area contributed by atoms with Gasteiger partial charge in [0, 0.05) is 11.8 Å². The molecule has 0 unspecified atom stereocenters. The van der Waals surface area contributed by atoms with Gasteiger partial charge >= 0.3 is 0 Å². The van der Waals surface area contributed by atoms with Gasteiger partial charge in [-0.05, 0) is 30.3 Å². The zero-order chi connectivity index (χ0) is 12.5. The molecule has 18 heavy (non-hydrogen) atoms. The highest BCUT2D eigenvalue weighted by Gasteiger charge is 2.07. The second-order valence-corrected chi connectivity index (χ2v) is 3.74. The lowest BCUT2D eigenvalue weighted by atomic mass is 10.1. The van der Waals surface area contributed by atoms with E-state index in [2.05, 4.69) is 15.1 Å². The van der Waals surface area contributed by atoms with Crippen molar-refractivity contribution in [3.05, 3.63) is 36.5 Å². The summed E-state index contributed by atoms with van der Waals surface area (Å²) in [6.07, 6.45) is 1.68. The van der Waals surface area contributed by atoms with E-state index in [1.807, 2.05) is 30.3 Å². The first-order chi connectivity index (χ1) is 8.78. The Kier molecular flexibility index (Phi) is 2.33. The number of nitrogens with zero attached hydrogens (tertiary/aromatic N) is 4. The smallest absolute Gasteiger partial charge is 0.254 e. The van der Waals surface area contributed by atoms with Crippen LogP contribution in [-0.4, -0.2) is 26.7 Å². The minimum atomic E-state index is 0.212. The van der Waals surface area contributed by atoms with Crippen molar-refractivity contribution in [1.29, 1.82) is 0 Å². The fourth-order valence-corrected chi connectivity index (χ4v) is 1.79. The minimum Gasteiger partial charge on any atom is -0.497 e. The first-order valence-electron chi connectivity index (χ1n) is 5.39. The number of benzene rings is 1. The molecule has 0 aliphatic heterocycles. The Balaban J connectivity index is 2.17. The van der Waals surface area contributed by atoms with E-state index in [1.54, 1.807) is 17.8 Å². The summed E-state index contributed by atoms with van der Waals surface area (Å²) in [7, 11) is 1.64. The summed E-state index contributed by atoms with van der Waals surface area (Å²) in [5.74, 6) is 1.51. The molecule has 6 nitrogen and oxygen atoms in total. The van der Waals surface area contributed by atoms with Crippen LogP contribution in [-0.2, 0) is 0 Å². The summed E-state index contributed by atoms with van der Waals surface area (Å²) in [6, 6.07) is 9.55. The number of rotatable bonds is 2. The van der Waals surface area contributed by atoms with Crippen molar-refractivity contribution in [3.8, 4) is 17.0 Å². The van der Waals surface area contributed by atoms with Crippen molar-refractivity contribution in [2.75, 3.05) is 12.8 Å². The third-order valence-electron chi connectivity index (χ3n) is 2.64. The molecule has 2 aromatic heterocycles. The van der Waals surface area contributed by atoms with Crippen LogP contribution in [0.4, 0.5) is 5.95 Å². The van der Waals surface area contributed by atoms with E-state index in [-0.39, 0.29) is 5.95 Å². The van der Waals surface area contributed by atoms with Crippen LogP contribution in [0.2, 0.25) is 0 Å². The van der Waals surface area contributed by atoms with Crippen LogP contribution in [0.1, 0.15) is 0 Å². The number of nitrogens with two attached hydrogens (primary N) is 1. The summed E-state index contributed by atoms with van der Waals surface area (Å²) >= 11 is 0. The molecule has 0 spiro atoms. The van der Waals surface area contributed by atoms with E-state index in [9.17, 15) is 0 Å². The highest BCUT2D eigenvalue weighted by molar-refractivity contribution is 5.62. The molecule has 0 bridgehead atoms. The lowest BCUT2D eigenvalue weighted by Gasteiger charge is -2.04. The molecule has 2 heterocycles. The number of hydrogen-bond acceptors (Lipinski definition) is 5. The SMILES string of the molecule is COc1ccc(-c2ccnc3nc(N)nn23)cc1. The van der Waals surface area contributed by atoms with Gasteiger partial charge in [0.2, 0.25) is 5.95 Å². The fraction of sp³-hybridized carbons (Fsp3) is 0.0833. The van der Waals surface area contributed by atoms with Gasteiger partial charge in [-0.2, -0.15) is 9.50 Å². The van der Waals surface area contributed by atoms with Crippen molar-refractivity contribution >= 4 is 11.7 Å². The zero-order valence-corrected chi connectivity index (χ0v) is 9.74. The molecule has 2 N–H and O–H groups in total. The number of aromatic nitrogens is 4. The van der Waals surface area contributed by atoms with Gasteiger partial charge in [0.25, 0.3) is 5.78 Å². The van der Waals surface area contributed by atoms with Gasteiger partial charge in [0.1, 0.15) is 5.75 Å². The summed E-state index contributed by atoms with van der Waals surface area (Å²) in [6.45, 7) is 0. The third-order valence-corrected chi connectivity index (χ3v) is 2.64. The average molecular weight is 241 g/mol. The van der Waals surface area contributed by atoms with Gasteiger partial charge < -0.3 is 10.5 Å². The molecule has 0 aliphatic carbocycles. The molecule has 3 aromatic rings. The van der Waals surface area contributed by atoms with Gasteiger partial charge in [0.15, 0.2) is 0 Å². The largest absolute Gasteiger partial charge is 0.497 e. The number of anilines is 1. The van der Waals surface area contributed by atoms with Crippen LogP contribution < -0.4 is 10.5 Å². The molecule has 6 heteroatoms. The van der Waals surface area contributed by atoms with Crippen molar-refractivity contribution in [2.24, 2.45) is 0 Å². The Bertz CT molecular complexity index is 689. The van der Waals surface area contributed by atoms with Gasteiger partial charge in [0.05, 0.1) is 12.8 Å². The zero-order valence-electron chi connectivity index (χ0n) is 9.74. The van der Waals surface area contributed by atoms with Crippen LogP contribution >= 0.6 is 0 Å². The molecule has 0 saturated heterocycles. The third kappa shape index (κ3) is 1.64. The average Bonchev–Trinajstić information content (AvgIpc) is 2.79. The second kappa shape index (κ2) is 3.99. The van der Waals surface area contributed by atoms with Gasteiger partial charge in [-0.15, -0.1) is 5.10 Å². The molecular weight excluding hydrogens is 230 g/mol. The van der Waals surface area contributed by atoms with Crippen LogP contribution in [0.5, 0.6) is 5.75 Å². The number of nitrogen functional groups attached to an aromatic ring is 1. The lowest BCUT2D eigenvalue weighted by molar-refractivity contribution is 0.415.